The molecule has 0 N–H and O–H groups in total. The van der Waals surface area contributed by atoms with Crippen LogP contribution in [0, 0.1) is 18.8 Å². The summed E-state index contributed by atoms with van der Waals surface area (Å²) in [6.45, 7) is 4.11. The summed E-state index contributed by atoms with van der Waals surface area (Å²) < 4.78 is 25.5. The van der Waals surface area contributed by atoms with E-state index in [-0.39, 0.29) is 10.5 Å². The van der Waals surface area contributed by atoms with Gasteiger partial charge in [-0.05, 0) is 37.1 Å². The number of thioether (sulfide) groups is 1. The van der Waals surface area contributed by atoms with E-state index >= 15 is 0 Å². The largest absolute Gasteiger partial charge is 0.223 e. The predicted octanol–water partition coefficient (Wildman–Crippen LogP) is 4.67. The van der Waals surface area contributed by atoms with Gasteiger partial charge in [0.1, 0.15) is 4.58 Å². The molecule has 0 unspecified atom stereocenters. The Morgan fingerprint density at radius 2 is 1.67 bits per heavy atom. The molecule has 1 aliphatic carbocycles. The number of rotatable bonds is 5. The second-order valence-corrected chi connectivity index (χ2v) is 9.57. The molecule has 1 aliphatic rings. The van der Waals surface area contributed by atoms with Gasteiger partial charge in [-0.2, -0.15) is 0 Å². The summed E-state index contributed by atoms with van der Waals surface area (Å²) in [6, 6.07) is 7.27. The highest BCUT2D eigenvalue weighted by Crippen LogP contribution is 2.38. The first kappa shape index (κ1) is 16.9. The summed E-state index contributed by atoms with van der Waals surface area (Å²) in [5.74, 6) is 0.767. The molecule has 0 aliphatic heterocycles. The number of benzene rings is 1. The summed E-state index contributed by atoms with van der Waals surface area (Å²) in [7, 11) is -3.25. The van der Waals surface area contributed by atoms with E-state index in [0.717, 1.165) is 5.56 Å². The molecule has 0 aromatic heterocycles. The highest BCUT2D eigenvalue weighted by molar-refractivity contribution is 8.13. The molecule has 118 valence electrons. The van der Waals surface area contributed by atoms with Crippen LogP contribution in [0.25, 0.3) is 0 Å². The first-order valence-corrected chi connectivity index (χ1v) is 10.6. The van der Waals surface area contributed by atoms with E-state index in [1.807, 2.05) is 25.3 Å². The maximum Gasteiger partial charge on any atom is 0.190 e. The molecule has 1 fully saturated rings. The van der Waals surface area contributed by atoms with E-state index in [2.05, 4.69) is 6.92 Å². The normalized spacial score (nSPS) is 20.1. The average molecular weight is 327 g/mol. The molecule has 2 rings (SSSR count). The van der Waals surface area contributed by atoms with Crippen LogP contribution in [0.4, 0.5) is 0 Å². The van der Waals surface area contributed by atoms with Crippen LogP contribution >= 0.6 is 11.8 Å². The molecule has 0 bridgehead atoms. The molecule has 2 atom stereocenters. The molecular formula is C17H26O2S2. The third-order valence-electron chi connectivity index (χ3n) is 4.71. The summed E-state index contributed by atoms with van der Waals surface area (Å²) in [4.78, 5) is 0.468. The zero-order valence-electron chi connectivity index (χ0n) is 13.2. The maximum absolute atomic E-state index is 12.9. The van der Waals surface area contributed by atoms with Crippen molar-refractivity contribution in [1.82, 2.24) is 0 Å². The van der Waals surface area contributed by atoms with Gasteiger partial charge in [-0.25, -0.2) is 8.42 Å². The highest BCUT2D eigenvalue weighted by atomic mass is 32.3. The van der Waals surface area contributed by atoms with Crippen LogP contribution in [-0.4, -0.2) is 19.3 Å². The minimum atomic E-state index is -3.25. The molecule has 0 amide bonds. The van der Waals surface area contributed by atoms with Gasteiger partial charge in [0.25, 0.3) is 0 Å². The number of hydrogen-bond donors (Lipinski definition) is 0. The molecule has 0 saturated heterocycles. The molecule has 2 nitrogen and oxygen atoms in total. The van der Waals surface area contributed by atoms with Crippen LogP contribution in [0.15, 0.2) is 29.2 Å². The molecule has 4 heteroatoms. The second kappa shape index (κ2) is 7.19. The van der Waals surface area contributed by atoms with Gasteiger partial charge < -0.3 is 0 Å². The van der Waals surface area contributed by atoms with Gasteiger partial charge >= 0.3 is 0 Å². The molecule has 0 radical (unpaired) electrons. The molecule has 1 saturated carbocycles. The van der Waals surface area contributed by atoms with E-state index in [1.54, 1.807) is 12.1 Å². The fraction of sp³-hybridized carbons (Fsp3) is 0.647. The van der Waals surface area contributed by atoms with Gasteiger partial charge in [-0.1, -0.05) is 56.7 Å². The lowest BCUT2D eigenvalue weighted by molar-refractivity contribution is 0.274. The highest BCUT2D eigenvalue weighted by Gasteiger charge is 2.36. The fourth-order valence-corrected chi connectivity index (χ4v) is 6.94. The molecular weight excluding hydrogens is 300 g/mol. The summed E-state index contributed by atoms with van der Waals surface area (Å²) in [5, 5.41) is 0. The number of aryl methyl sites for hydroxylation is 1. The number of hydrogen-bond acceptors (Lipinski definition) is 3. The lowest BCUT2D eigenvalue weighted by Gasteiger charge is -2.32. The van der Waals surface area contributed by atoms with E-state index < -0.39 is 9.84 Å². The molecule has 0 heterocycles. The van der Waals surface area contributed by atoms with Gasteiger partial charge in [0, 0.05) is 0 Å². The Morgan fingerprint density at radius 3 is 2.19 bits per heavy atom. The second-order valence-electron chi connectivity index (χ2n) is 6.22. The third kappa shape index (κ3) is 3.84. The van der Waals surface area contributed by atoms with Crippen LogP contribution in [0.3, 0.4) is 0 Å². The van der Waals surface area contributed by atoms with Gasteiger partial charge in [0.2, 0.25) is 0 Å². The van der Waals surface area contributed by atoms with Crippen molar-refractivity contribution in [1.29, 1.82) is 0 Å². The van der Waals surface area contributed by atoms with Crippen molar-refractivity contribution in [2.75, 3.05) is 6.26 Å². The monoisotopic (exact) mass is 326 g/mol. The minimum absolute atomic E-state index is 0.214. The van der Waals surface area contributed by atoms with Gasteiger partial charge in [-0.15, -0.1) is 11.8 Å². The van der Waals surface area contributed by atoms with E-state index in [9.17, 15) is 8.42 Å². The Bertz CT molecular complexity index is 543. The lowest BCUT2D eigenvalue weighted by atomic mass is 9.81. The molecule has 1 aromatic carbocycles. The molecule has 0 spiro atoms. The Labute approximate surface area is 133 Å². The van der Waals surface area contributed by atoms with Crippen molar-refractivity contribution in [2.45, 2.75) is 55.4 Å². The third-order valence-corrected chi connectivity index (χ3v) is 8.91. The van der Waals surface area contributed by atoms with Crippen molar-refractivity contribution < 1.29 is 8.42 Å². The zero-order chi connectivity index (χ0) is 15.5. The van der Waals surface area contributed by atoms with Gasteiger partial charge in [0.05, 0.1) is 4.90 Å². The predicted molar refractivity (Wildman–Crippen MR) is 91.4 cm³/mol. The van der Waals surface area contributed by atoms with Crippen LogP contribution in [-0.2, 0) is 9.84 Å². The van der Waals surface area contributed by atoms with Crippen molar-refractivity contribution in [3.05, 3.63) is 29.8 Å². The van der Waals surface area contributed by atoms with E-state index in [4.69, 9.17) is 0 Å². The Morgan fingerprint density at radius 1 is 1.10 bits per heavy atom. The molecule has 21 heavy (non-hydrogen) atoms. The lowest BCUT2D eigenvalue weighted by Crippen LogP contribution is -2.31. The van der Waals surface area contributed by atoms with Crippen molar-refractivity contribution in [2.24, 2.45) is 11.8 Å². The number of sulfone groups is 1. The smallest absolute Gasteiger partial charge is 0.190 e. The van der Waals surface area contributed by atoms with E-state index in [1.165, 1.54) is 43.9 Å². The first-order valence-electron chi connectivity index (χ1n) is 7.80. The van der Waals surface area contributed by atoms with Crippen molar-refractivity contribution >= 4 is 21.6 Å². The summed E-state index contributed by atoms with van der Waals surface area (Å²) >= 11 is 1.49. The van der Waals surface area contributed by atoms with Crippen LogP contribution in [0.2, 0.25) is 0 Å². The quantitative estimate of drug-likeness (QED) is 0.788. The van der Waals surface area contributed by atoms with Crippen LogP contribution in [0.5, 0.6) is 0 Å². The first-order chi connectivity index (χ1) is 9.96. The van der Waals surface area contributed by atoms with Crippen molar-refractivity contribution in [3.63, 3.8) is 0 Å². The SMILES string of the molecule is CS[C@@H]([C@H](C)C1CCCCC1)S(=O)(=O)c1ccc(C)cc1. The Hall–Kier alpha value is -0.480. The minimum Gasteiger partial charge on any atom is -0.223 e. The molecule has 1 aromatic rings. The zero-order valence-corrected chi connectivity index (χ0v) is 14.8. The van der Waals surface area contributed by atoms with Crippen LogP contribution < -0.4 is 0 Å². The van der Waals surface area contributed by atoms with Crippen molar-refractivity contribution in [3.8, 4) is 0 Å². The topological polar surface area (TPSA) is 34.1 Å². The van der Waals surface area contributed by atoms with Gasteiger partial charge in [-0.3, -0.25) is 0 Å². The Kier molecular flexibility index (Phi) is 5.78. The maximum atomic E-state index is 12.9. The summed E-state index contributed by atoms with van der Waals surface area (Å²) in [6.07, 6.45) is 8.10. The Balaban J connectivity index is 2.24. The standard InChI is InChI=1S/C17H26O2S2/c1-13-9-11-16(12-10-13)21(18,19)17(20-3)14(2)15-7-5-4-6-8-15/h9-12,14-15,17H,4-8H2,1-3H3/t14-,17-/m1/s1. The summed E-state index contributed by atoms with van der Waals surface area (Å²) in [5.41, 5.74) is 1.09. The fourth-order valence-electron chi connectivity index (χ4n) is 3.37. The van der Waals surface area contributed by atoms with E-state index in [0.29, 0.717) is 10.8 Å². The van der Waals surface area contributed by atoms with Crippen LogP contribution in [0.1, 0.15) is 44.6 Å². The average Bonchev–Trinajstić information content (AvgIpc) is 2.49. The van der Waals surface area contributed by atoms with Gasteiger partial charge in [0.15, 0.2) is 9.84 Å².